The van der Waals surface area contributed by atoms with Gasteiger partial charge in [-0.15, -0.1) is 0 Å². The monoisotopic (exact) mass is 288 g/mol. The van der Waals surface area contributed by atoms with Crippen LogP contribution in [-0.2, 0) is 14.6 Å². The number of carbonyl (C=O) groups excluding carboxylic acids is 1. The second-order valence-electron chi connectivity index (χ2n) is 6.52. The van der Waals surface area contributed by atoms with Crippen molar-refractivity contribution in [2.75, 3.05) is 31.9 Å². The zero-order chi connectivity index (χ0) is 14.3. The van der Waals surface area contributed by atoms with Gasteiger partial charge in [0, 0.05) is 32.2 Å². The first-order valence-corrected chi connectivity index (χ1v) is 8.60. The number of hydrogen-bond donors (Lipinski definition) is 0. The van der Waals surface area contributed by atoms with Crippen molar-refractivity contribution in [3.05, 3.63) is 0 Å². The van der Waals surface area contributed by atoms with Gasteiger partial charge < -0.3 is 4.90 Å². The summed E-state index contributed by atoms with van der Waals surface area (Å²) < 4.78 is 23.2. The Bertz CT molecular complexity index is 441. The Labute approximate surface area is 115 Å². The summed E-state index contributed by atoms with van der Waals surface area (Å²) in [6.07, 6.45) is 2.54. The minimum absolute atomic E-state index is 0.245. The first-order chi connectivity index (χ1) is 8.71. The number of piperazine rings is 1. The van der Waals surface area contributed by atoms with E-state index < -0.39 is 14.6 Å². The van der Waals surface area contributed by atoms with Crippen LogP contribution in [0.3, 0.4) is 0 Å². The number of amides is 1. The molecule has 2 fully saturated rings. The zero-order valence-corrected chi connectivity index (χ0v) is 12.9. The quantitative estimate of drug-likeness (QED) is 0.759. The van der Waals surface area contributed by atoms with E-state index in [-0.39, 0.29) is 11.7 Å². The number of sulfone groups is 1. The second kappa shape index (κ2) is 5.05. The standard InChI is InChI=1S/C13H24N2O3S/c1-13(2,3)19(17,18)10-12(16)15-8-6-14(7-9-15)11-4-5-11/h11H,4-10H2,1-3H3. The molecule has 0 radical (unpaired) electrons. The third-order valence-corrected chi connectivity index (χ3v) is 6.47. The third kappa shape index (κ3) is 3.48. The molecule has 0 N–H and O–H groups in total. The van der Waals surface area contributed by atoms with E-state index in [0.717, 1.165) is 19.1 Å². The third-order valence-electron chi connectivity index (χ3n) is 3.98. The van der Waals surface area contributed by atoms with Gasteiger partial charge in [-0.05, 0) is 33.6 Å². The molecule has 1 saturated carbocycles. The zero-order valence-electron chi connectivity index (χ0n) is 12.1. The summed E-state index contributed by atoms with van der Waals surface area (Å²) in [6.45, 7) is 8.00. The summed E-state index contributed by atoms with van der Waals surface area (Å²) in [6, 6.07) is 0.718. The predicted octanol–water partition coefficient (Wildman–Crippen LogP) is 0.506. The van der Waals surface area contributed by atoms with E-state index in [1.165, 1.54) is 12.8 Å². The molecule has 0 atom stereocenters. The van der Waals surface area contributed by atoms with Gasteiger partial charge in [-0.1, -0.05) is 0 Å². The molecule has 0 unspecified atom stereocenters. The minimum Gasteiger partial charge on any atom is -0.339 e. The van der Waals surface area contributed by atoms with Crippen LogP contribution in [0.4, 0.5) is 0 Å². The van der Waals surface area contributed by atoms with E-state index >= 15 is 0 Å². The Morgan fingerprint density at radius 1 is 1.11 bits per heavy atom. The molecule has 0 aromatic rings. The Morgan fingerprint density at radius 3 is 2.05 bits per heavy atom. The van der Waals surface area contributed by atoms with Crippen molar-refractivity contribution >= 4 is 15.7 Å². The highest BCUT2D eigenvalue weighted by Crippen LogP contribution is 2.27. The molecule has 6 heteroatoms. The van der Waals surface area contributed by atoms with Crippen LogP contribution in [0.5, 0.6) is 0 Å². The largest absolute Gasteiger partial charge is 0.339 e. The molecule has 1 amide bonds. The van der Waals surface area contributed by atoms with Crippen LogP contribution in [0.2, 0.25) is 0 Å². The normalized spacial score (nSPS) is 22.6. The summed E-state index contributed by atoms with van der Waals surface area (Å²) in [5.41, 5.74) is 0. The SMILES string of the molecule is CC(C)(C)S(=O)(=O)CC(=O)N1CCN(C2CC2)CC1. The Hall–Kier alpha value is -0.620. The van der Waals surface area contributed by atoms with Crippen LogP contribution in [-0.4, -0.2) is 66.8 Å². The van der Waals surface area contributed by atoms with Crippen LogP contribution in [0.1, 0.15) is 33.6 Å². The molecule has 0 aromatic carbocycles. The number of rotatable bonds is 3. The molecule has 1 aliphatic carbocycles. The highest BCUT2D eigenvalue weighted by Gasteiger charge is 2.35. The highest BCUT2D eigenvalue weighted by atomic mass is 32.2. The molecule has 0 spiro atoms. The summed E-state index contributed by atoms with van der Waals surface area (Å²) in [5.74, 6) is -0.606. The molecule has 2 rings (SSSR count). The molecule has 1 heterocycles. The Kier molecular flexibility index (Phi) is 3.93. The van der Waals surface area contributed by atoms with Gasteiger partial charge in [0.25, 0.3) is 0 Å². The molecule has 2 aliphatic rings. The average molecular weight is 288 g/mol. The minimum atomic E-state index is -3.37. The maximum absolute atomic E-state index is 12.1. The van der Waals surface area contributed by atoms with Crippen molar-refractivity contribution in [2.24, 2.45) is 0 Å². The smallest absolute Gasteiger partial charge is 0.237 e. The molecule has 1 saturated heterocycles. The van der Waals surface area contributed by atoms with Crippen LogP contribution < -0.4 is 0 Å². The van der Waals surface area contributed by atoms with Crippen LogP contribution >= 0.6 is 0 Å². The van der Waals surface area contributed by atoms with Gasteiger partial charge in [0.2, 0.25) is 5.91 Å². The fourth-order valence-corrected chi connectivity index (χ4v) is 3.19. The molecule has 0 bridgehead atoms. The van der Waals surface area contributed by atoms with E-state index in [0.29, 0.717) is 13.1 Å². The maximum atomic E-state index is 12.1. The lowest BCUT2D eigenvalue weighted by Crippen LogP contribution is -2.51. The first-order valence-electron chi connectivity index (χ1n) is 6.95. The number of hydrogen-bond acceptors (Lipinski definition) is 4. The van der Waals surface area contributed by atoms with Crippen molar-refractivity contribution in [2.45, 2.75) is 44.4 Å². The van der Waals surface area contributed by atoms with Crippen molar-refractivity contribution < 1.29 is 13.2 Å². The van der Waals surface area contributed by atoms with E-state index in [4.69, 9.17) is 0 Å². The molecule has 110 valence electrons. The fraction of sp³-hybridized carbons (Fsp3) is 0.923. The molecule has 19 heavy (non-hydrogen) atoms. The van der Waals surface area contributed by atoms with E-state index in [1.54, 1.807) is 25.7 Å². The second-order valence-corrected chi connectivity index (χ2v) is 9.26. The van der Waals surface area contributed by atoms with E-state index in [1.807, 2.05) is 0 Å². The Morgan fingerprint density at radius 2 is 1.63 bits per heavy atom. The molecule has 0 aromatic heterocycles. The van der Waals surface area contributed by atoms with Crippen LogP contribution in [0.15, 0.2) is 0 Å². The summed E-state index contributed by atoms with van der Waals surface area (Å²) >= 11 is 0. The maximum Gasteiger partial charge on any atom is 0.237 e. The Balaban J connectivity index is 1.87. The molecular weight excluding hydrogens is 264 g/mol. The summed E-state index contributed by atoms with van der Waals surface area (Å²) in [4.78, 5) is 16.2. The van der Waals surface area contributed by atoms with Gasteiger partial charge in [0.15, 0.2) is 9.84 Å². The van der Waals surface area contributed by atoms with Gasteiger partial charge in [0.05, 0.1) is 4.75 Å². The van der Waals surface area contributed by atoms with Gasteiger partial charge in [0.1, 0.15) is 5.75 Å². The summed E-state index contributed by atoms with van der Waals surface area (Å²) in [5, 5.41) is 0. The van der Waals surface area contributed by atoms with E-state index in [9.17, 15) is 13.2 Å². The lowest BCUT2D eigenvalue weighted by atomic mass is 10.3. The lowest BCUT2D eigenvalue weighted by Gasteiger charge is -2.35. The molecule has 5 nitrogen and oxygen atoms in total. The number of nitrogens with zero attached hydrogens (tertiary/aromatic N) is 2. The van der Waals surface area contributed by atoms with Crippen LogP contribution in [0.25, 0.3) is 0 Å². The first kappa shape index (κ1) is 14.8. The molecular formula is C13H24N2O3S. The topological polar surface area (TPSA) is 57.7 Å². The number of carbonyl (C=O) groups is 1. The molecule has 1 aliphatic heterocycles. The van der Waals surface area contributed by atoms with Gasteiger partial charge in [-0.25, -0.2) is 8.42 Å². The van der Waals surface area contributed by atoms with Crippen LogP contribution in [0, 0.1) is 0 Å². The average Bonchev–Trinajstić information content (AvgIpc) is 3.11. The fourth-order valence-electron chi connectivity index (χ4n) is 2.25. The van der Waals surface area contributed by atoms with Crippen molar-refractivity contribution in [1.29, 1.82) is 0 Å². The van der Waals surface area contributed by atoms with Gasteiger partial charge in [-0.2, -0.15) is 0 Å². The van der Waals surface area contributed by atoms with Crippen molar-refractivity contribution in [1.82, 2.24) is 9.80 Å². The lowest BCUT2D eigenvalue weighted by molar-refractivity contribution is -0.130. The van der Waals surface area contributed by atoms with Crippen molar-refractivity contribution in [3.8, 4) is 0 Å². The highest BCUT2D eigenvalue weighted by molar-refractivity contribution is 7.93. The van der Waals surface area contributed by atoms with Gasteiger partial charge in [-0.3, -0.25) is 9.69 Å². The predicted molar refractivity (Wildman–Crippen MR) is 74.7 cm³/mol. The van der Waals surface area contributed by atoms with Gasteiger partial charge >= 0.3 is 0 Å². The van der Waals surface area contributed by atoms with Crippen molar-refractivity contribution in [3.63, 3.8) is 0 Å². The summed E-state index contributed by atoms with van der Waals surface area (Å²) in [7, 11) is -3.37. The van der Waals surface area contributed by atoms with E-state index in [2.05, 4.69) is 4.90 Å².